The molecule has 1 aromatic heterocycles. The molecular weight excluding hydrogens is 406 g/mol. The highest BCUT2D eigenvalue weighted by Crippen LogP contribution is 2.23. The van der Waals surface area contributed by atoms with Crippen LogP contribution in [-0.2, 0) is 0 Å². The van der Waals surface area contributed by atoms with Gasteiger partial charge in [-0.25, -0.2) is 10.4 Å². The second kappa shape index (κ2) is 7.63. The SMILES string of the molecule is COc1ccc2cc(/C=N/NC(=O)c3ccc(Br)cc3)c(Cl)nc2c1. The van der Waals surface area contributed by atoms with E-state index >= 15 is 0 Å². The van der Waals surface area contributed by atoms with Gasteiger partial charge in [0.05, 0.1) is 18.8 Å². The van der Waals surface area contributed by atoms with Crippen LogP contribution in [0.2, 0.25) is 5.15 Å². The molecule has 0 saturated carbocycles. The molecule has 0 bridgehead atoms. The Morgan fingerprint density at radius 2 is 2.00 bits per heavy atom. The number of rotatable bonds is 4. The Kier molecular flexibility index (Phi) is 5.31. The van der Waals surface area contributed by atoms with Crippen LogP contribution in [0.1, 0.15) is 15.9 Å². The van der Waals surface area contributed by atoms with Crippen molar-refractivity contribution in [2.24, 2.45) is 5.10 Å². The molecule has 0 atom stereocenters. The van der Waals surface area contributed by atoms with Crippen molar-refractivity contribution in [1.82, 2.24) is 10.4 Å². The monoisotopic (exact) mass is 417 g/mol. The van der Waals surface area contributed by atoms with Crippen LogP contribution in [-0.4, -0.2) is 24.2 Å². The lowest BCUT2D eigenvalue weighted by atomic mass is 10.1. The molecule has 1 N–H and O–H groups in total. The smallest absolute Gasteiger partial charge is 0.271 e. The summed E-state index contributed by atoms with van der Waals surface area (Å²) in [5, 5.41) is 5.14. The van der Waals surface area contributed by atoms with E-state index < -0.39 is 0 Å². The van der Waals surface area contributed by atoms with E-state index in [9.17, 15) is 4.79 Å². The van der Waals surface area contributed by atoms with Gasteiger partial charge in [0.25, 0.3) is 5.91 Å². The zero-order valence-electron chi connectivity index (χ0n) is 13.2. The van der Waals surface area contributed by atoms with Crippen molar-refractivity contribution < 1.29 is 9.53 Å². The number of carbonyl (C=O) groups is 1. The second-order valence-electron chi connectivity index (χ2n) is 5.13. The Bertz CT molecular complexity index is 958. The third-order valence-electron chi connectivity index (χ3n) is 3.48. The van der Waals surface area contributed by atoms with E-state index in [0.29, 0.717) is 22.0 Å². The summed E-state index contributed by atoms with van der Waals surface area (Å²) in [5.41, 5.74) is 4.31. The highest BCUT2D eigenvalue weighted by molar-refractivity contribution is 9.10. The molecule has 0 saturated heterocycles. The average Bonchev–Trinajstić information content (AvgIpc) is 2.62. The van der Waals surface area contributed by atoms with Crippen LogP contribution in [0, 0.1) is 0 Å². The molecule has 7 heteroatoms. The van der Waals surface area contributed by atoms with Crippen LogP contribution in [0.3, 0.4) is 0 Å². The Balaban J connectivity index is 1.77. The number of hydrogen-bond donors (Lipinski definition) is 1. The van der Waals surface area contributed by atoms with Crippen molar-refractivity contribution in [2.45, 2.75) is 0 Å². The fourth-order valence-corrected chi connectivity index (χ4v) is 2.64. The molecule has 0 radical (unpaired) electrons. The second-order valence-corrected chi connectivity index (χ2v) is 6.41. The van der Waals surface area contributed by atoms with Gasteiger partial charge in [-0.05, 0) is 42.5 Å². The third-order valence-corrected chi connectivity index (χ3v) is 4.31. The molecule has 0 aliphatic heterocycles. The van der Waals surface area contributed by atoms with Crippen molar-refractivity contribution in [3.63, 3.8) is 0 Å². The number of methoxy groups -OCH3 is 1. The summed E-state index contributed by atoms with van der Waals surface area (Å²) in [5.74, 6) is 0.401. The summed E-state index contributed by atoms with van der Waals surface area (Å²) in [7, 11) is 1.60. The number of hydrazone groups is 1. The lowest BCUT2D eigenvalue weighted by Crippen LogP contribution is -2.17. The van der Waals surface area contributed by atoms with Gasteiger partial charge >= 0.3 is 0 Å². The fourth-order valence-electron chi connectivity index (χ4n) is 2.18. The average molecular weight is 419 g/mol. The van der Waals surface area contributed by atoms with Crippen molar-refractivity contribution >= 4 is 50.6 Å². The number of carbonyl (C=O) groups excluding carboxylic acids is 1. The molecule has 25 heavy (non-hydrogen) atoms. The summed E-state index contributed by atoms with van der Waals surface area (Å²) in [4.78, 5) is 16.3. The molecule has 3 aromatic rings. The number of hydrogen-bond acceptors (Lipinski definition) is 4. The Morgan fingerprint density at radius 1 is 1.24 bits per heavy atom. The quantitative estimate of drug-likeness (QED) is 0.387. The topological polar surface area (TPSA) is 63.6 Å². The van der Waals surface area contributed by atoms with E-state index in [-0.39, 0.29) is 5.91 Å². The molecule has 126 valence electrons. The van der Waals surface area contributed by atoms with Gasteiger partial charge in [-0.15, -0.1) is 0 Å². The number of halogens is 2. The van der Waals surface area contributed by atoms with Crippen LogP contribution in [0.4, 0.5) is 0 Å². The first-order valence-corrected chi connectivity index (χ1v) is 8.47. The molecule has 1 amide bonds. The Morgan fingerprint density at radius 3 is 2.72 bits per heavy atom. The van der Waals surface area contributed by atoms with Gasteiger partial charge in [0.2, 0.25) is 0 Å². The minimum atomic E-state index is -0.307. The maximum Gasteiger partial charge on any atom is 0.271 e. The van der Waals surface area contributed by atoms with Crippen molar-refractivity contribution in [1.29, 1.82) is 0 Å². The number of nitrogens with one attached hydrogen (secondary N) is 1. The molecule has 0 aliphatic carbocycles. The molecule has 0 fully saturated rings. The Labute approximate surface area is 157 Å². The molecule has 1 heterocycles. The first kappa shape index (κ1) is 17.4. The molecular formula is C18H13BrClN3O2. The molecule has 2 aromatic carbocycles. The first-order chi connectivity index (χ1) is 12.1. The predicted octanol–water partition coefficient (Wildman–Crippen LogP) is 4.42. The molecule has 0 aliphatic rings. The largest absolute Gasteiger partial charge is 0.497 e. The van der Waals surface area contributed by atoms with Gasteiger partial charge in [-0.2, -0.15) is 5.10 Å². The van der Waals surface area contributed by atoms with Gasteiger partial charge < -0.3 is 4.74 Å². The minimum absolute atomic E-state index is 0.294. The van der Waals surface area contributed by atoms with E-state index in [0.717, 1.165) is 15.4 Å². The maximum absolute atomic E-state index is 12.0. The van der Waals surface area contributed by atoms with Crippen molar-refractivity contribution in [3.05, 3.63) is 69.3 Å². The number of nitrogens with zero attached hydrogens (tertiary/aromatic N) is 2. The standard InChI is InChI=1S/C18H13BrClN3O2/c1-25-15-7-4-12-8-13(17(20)22-16(12)9-15)10-21-23-18(24)11-2-5-14(19)6-3-11/h2-10H,1H3,(H,23,24)/b21-10+. The van der Waals surface area contributed by atoms with E-state index in [4.69, 9.17) is 16.3 Å². The number of pyridine rings is 1. The normalized spacial score (nSPS) is 11.0. The zero-order valence-corrected chi connectivity index (χ0v) is 15.5. The van der Waals surface area contributed by atoms with Gasteiger partial charge in [-0.3, -0.25) is 4.79 Å². The summed E-state index contributed by atoms with van der Waals surface area (Å²) < 4.78 is 6.07. The fraction of sp³-hybridized carbons (Fsp3) is 0.0556. The number of fused-ring (bicyclic) bond motifs is 1. The molecule has 3 rings (SSSR count). The minimum Gasteiger partial charge on any atom is -0.497 e. The van der Waals surface area contributed by atoms with Crippen LogP contribution < -0.4 is 10.2 Å². The highest BCUT2D eigenvalue weighted by Gasteiger charge is 2.06. The van der Waals surface area contributed by atoms with Gasteiger partial charge in [0.15, 0.2) is 0 Å². The van der Waals surface area contributed by atoms with Crippen LogP contribution in [0.15, 0.2) is 58.1 Å². The maximum atomic E-state index is 12.0. The van der Waals surface area contributed by atoms with E-state index in [1.165, 1.54) is 6.21 Å². The highest BCUT2D eigenvalue weighted by atomic mass is 79.9. The molecule has 5 nitrogen and oxygen atoms in total. The van der Waals surface area contributed by atoms with Crippen LogP contribution in [0.5, 0.6) is 5.75 Å². The van der Waals surface area contributed by atoms with E-state index in [1.54, 1.807) is 37.4 Å². The summed E-state index contributed by atoms with van der Waals surface area (Å²) >= 11 is 9.51. The van der Waals surface area contributed by atoms with E-state index in [2.05, 4.69) is 31.4 Å². The lowest BCUT2D eigenvalue weighted by Gasteiger charge is -2.05. The van der Waals surface area contributed by atoms with Gasteiger partial charge in [0, 0.05) is 27.1 Å². The van der Waals surface area contributed by atoms with E-state index in [1.807, 2.05) is 18.2 Å². The van der Waals surface area contributed by atoms with Crippen LogP contribution >= 0.6 is 27.5 Å². The van der Waals surface area contributed by atoms with Gasteiger partial charge in [0.1, 0.15) is 10.9 Å². The molecule has 0 unspecified atom stereocenters. The summed E-state index contributed by atoms with van der Waals surface area (Å²) in [6.07, 6.45) is 1.47. The summed E-state index contributed by atoms with van der Waals surface area (Å²) in [6, 6.07) is 14.4. The predicted molar refractivity (Wildman–Crippen MR) is 103 cm³/mol. The zero-order chi connectivity index (χ0) is 17.8. The lowest BCUT2D eigenvalue weighted by molar-refractivity contribution is 0.0955. The first-order valence-electron chi connectivity index (χ1n) is 7.30. The Hall–Kier alpha value is -2.44. The van der Waals surface area contributed by atoms with Crippen LogP contribution in [0.25, 0.3) is 10.9 Å². The third kappa shape index (κ3) is 4.15. The number of ether oxygens (including phenoxy) is 1. The van der Waals surface area contributed by atoms with Gasteiger partial charge in [-0.1, -0.05) is 27.5 Å². The number of benzene rings is 2. The number of amides is 1. The number of aromatic nitrogens is 1. The summed E-state index contributed by atoms with van der Waals surface area (Å²) in [6.45, 7) is 0. The van der Waals surface area contributed by atoms with Crippen molar-refractivity contribution in [2.75, 3.05) is 7.11 Å². The molecule has 0 spiro atoms. The van der Waals surface area contributed by atoms with Crippen molar-refractivity contribution in [3.8, 4) is 5.75 Å².